The van der Waals surface area contributed by atoms with Crippen LogP contribution in [0.1, 0.15) is 61.0 Å². The molecule has 0 N–H and O–H groups in total. The van der Waals surface area contributed by atoms with Crippen LogP contribution in [0.3, 0.4) is 0 Å². The summed E-state index contributed by atoms with van der Waals surface area (Å²) in [5.41, 5.74) is 5.85. The Morgan fingerprint density at radius 3 is 2.48 bits per heavy atom. The van der Waals surface area contributed by atoms with Gasteiger partial charge in [-0.2, -0.15) is 0 Å². The molecular formula is C20H26BrNO. The number of alkyl halides is 1. The fraction of sp³-hybridized carbons (Fsp3) is 0.600. The Morgan fingerprint density at radius 1 is 1.17 bits per heavy atom. The SMILES string of the molecule is CC1=Cc2cc(C)cc(C(C)Br)c2OC1N1CCC2(CC1)CC2. The van der Waals surface area contributed by atoms with Crippen LogP contribution in [0.2, 0.25) is 0 Å². The van der Waals surface area contributed by atoms with E-state index in [-0.39, 0.29) is 6.23 Å². The zero-order valence-corrected chi connectivity index (χ0v) is 15.9. The van der Waals surface area contributed by atoms with Gasteiger partial charge in [-0.1, -0.05) is 22.0 Å². The number of rotatable bonds is 2. The number of aryl methyl sites for hydroxylation is 1. The molecule has 1 aliphatic carbocycles. The van der Waals surface area contributed by atoms with Gasteiger partial charge in [0.15, 0.2) is 6.23 Å². The van der Waals surface area contributed by atoms with Gasteiger partial charge in [-0.25, -0.2) is 0 Å². The van der Waals surface area contributed by atoms with E-state index in [9.17, 15) is 0 Å². The van der Waals surface area contributed by atoms with E-state index < -0.39 is 0 Å². The number of fused-ring (bicyclic) bond motifs is 1. The van der Waals surface area contributed by atoms with Crippen molar-refractivity contribution < 1.29 is 4.74 Å². The number of ether oxygens (including phenoxy) is 1. The maximum absolute atomic E-state index is 6.55. The molecule has 2 atom stereocenters. The number of halogens is 1. The van der Waals surface area contributed by atoms with E-state index in [1.165, 1.54) is 61.0 Å². The lowest BCUT2D eigenvalue weighted by Crippen LogP contribution is -2.46. The third-order valence-electron chi connectivity index (χ3n) is 5.87. The summed E-state index contributed by atoms with van der Waals surface area (Å²) in [4.78, 5) is 2.85. The quantitative estimate of drug-likeness (QED) is 0.637. The van der Waals surface area contributed by atoms with Gasteiger partial charge in [0.25, 0.3) is 0 Å². The molecular weight excluding hydrogens is 350 g/mol. The van der Waals surface area contributed by atoms with E-state index in [2.05, 4.69) is 59.8 Å². The molecule has 2 aliphatic heterocycles. The van der Waals surface area contributed by atoms with Gasteiger partial charge in [-0.15, -0.1) is 0 Å². The van der Waals surface area contributed by atoms with Gasteiger partial charge in [0.05, 0.1) is 0 Å². The predicted octanol–water partition coefficient (Wildman–Crippen LogP) is 5.45. The molecule has 2 heterocycles. The van der Waals surface area contributed by atoms with Gasteiger partial charge < -0.3 is 4.74 Å². The molecule has 1 spiro atoms. The van der Waals surface area contributed by atoms with Gasteiger partial charge in [0.1, 0.15) is 5.75 Å². The van der Waals surface area contributed by atoms with Crippen molar-refractivity contribution >= 4 is 22.0 Å². The van der Waals surface area contributed by atoms with E-state index in [0.29, 0.717) is 10.2 Å². The molecule has 0 aromatic heterocycles. The van der Waals surface area contributed by atoms with Crippen LogP contribution in [0.5, 0.6) is 5.75 Å². The Hall–Kier alpha value is -0.800. The molecule has 1 saturated heterocycles. The van der Waals surface area contributed by atoms with Crippen LogP contribution in [-0.2, 0) is 0 Å². The summed E-state index contributed by atoms with van der Waals surface area (Å²) < 4.78 is 6.55. The highest BCUT2D eigenvalue weighted by Gasteiger charge is 2.46. The van der Waals surface area contributed by atoms with E-state index in [4.69, 9.17) is 4.74 Å². The second kappa shape index (κ2) is 5.63. The van der Waals surface area contributed by atoms with Crippen molar-refractivity contribution in [2.45, 2.75) is 57.5 Å². The zero-order valence-electron chi connectivity index (χ0n) is 14.4. The van der Waals surface area contributed by atoms with Crippen molar-refractivity contribution in [3.63, 3.8) is 0 Å². The van der Waals surface area contributed by atoms with Gasteiger partial charge in [-0.05, 0) is 75.1 Å². The molecule has 1 aromatic rings. The van der Waals surface area contributed by atoms with E-state index in [1.807, 2.05) is 0 Å². The molecule has 1 saturated carbocycles. The molecule has 23 heavy (non-hydrogen) atoms. The summed E-state index contributed by atoms with van der Waals surface area (Å²) >= 11 is 3.74. The fourth-order valence-electron chi connectivity index (χ4n) is 4.16. The summed E-state index contributed by atoms with van der Waals surface area (Å²) in [6.07, 6.45) is 8.05. The monoisotopic (exact) mass is 375 g/mol. The summed E-state index contributed by atoms with van der Waals surface area (Å²) in [6, 6.07) is 4.49. The Bertz CT molecular complexity index is 650. The first-order chi connectivity index (χ1) is 11.0. The zero-order chi connectivity index (χ0) is 16.2. The predicted molar refractivity (Wildman–Crippen MR) is 99.1 cm³/mol. The van der Waals surface area contributed by atoms with Gasteiger partial charge in [0, 0.05) is 29.0 Å². The summed E-state index contributed by atoms with van der Waals surface area (Å²) in [6.45, 7) is 8.91. The first-order valence-electron chi connectivity index (χ1n) is 8.85. The van der Waals surface area contributed by atoms with Crippen LogP contribution >= 0.6 is 15.9 Å². The van der Waals surface area contributed by atoms with Crippen LogP contribution in [0.4, 0.5) is 0 Å². The maximum atomic E-state index is 6.55. The smallest absolute Gasteiger partial charge is 0.175 e. The van der Waals surface area contributed by atoms with Crippen LogP contribution in [0, 0.1) is 12.3 Å². The molecule has 1 aromatic carbocycles. The average molecular weight is 376 g/mol. The Balaban J connectivity index is 1.62. The van der Waals surface area contributed by atoms with Crippen molar-refractivity contribution in [3.8, 4) is 5.75 Å². The lowest BCUT2D eigenvalue weighted by atomic mass is 9.92. The molecule has 3 aliphatic rings. The number of nitrogens with zero attached hydrogens (tertiary/aromatic N) is 1. The Kier molecular flexibility index (Phi) is 3.85. The molecule has 0 amide bonds. The minimum atomic E-state index is 0.117. The van der Waals surface area contributed by atoms with Crippen LogP contribution in [-0.4, -0.2) is 24.2 Å². The van der Waals surface area contributed by atoms with Crippen molar-refractivity contribution in [2.75, 3.05) is 13.1 Å². The number of likely N-dealkylation sites (tertiary alicyclic amines) is 1. The second-order valence-corrected chi connectivity index (χ2v) is 9.16. The lowest BCUT2D eigenvalue weighted by Gasteiger charge is -2.40. The normalized spacial score (nSPS) is 27.1. The Morgan fingerprint density at radius 2 is 1.87 bits per heavy atom. The summed E-state index contributed by atoms with van der Waals surface area (Å²) in [5.74, 6) is 1.07. The molecule has 0 radical (unpaired) electrons. The number of hydrogen-bond donors (Lipinski definition) is 0. The second-order valence-electron chi connectivity index (χ2n) is 7.78. The third kappa shape index (κ3) is 2.87. The Labute approximate surface area is 148 Å². The largest absolute Gasteiger partial charge is 0.470 e. The summed E-state index contributed by atoms with van der Waals surface area (Å²) in [5, 5.41) is 0. The maximum Gasteiger partial charge on any atom is 0.175 e. The molecule has 124 valence electrons. The highest BCUT2D eigenvalue weighted by molar-refractivity contribution is 9.09. The number of piperidine rings is 1. The van der Waals surface area contributed by atoms with E-state index >= 15 is 0 Å². The molecule has 2 nitrogen and oxygen atoms in total. The van der Waals surface area contributed by atoms with Gasteiger partial charge >= 0.3 is 0 Å². The van der Waals surface area contributed by atoms with Crippen molar-refractivity contribution in [3.05, 3.63) is 34.4 Å². The number of benzene rings is 1. The minimum Gasteiger partial charge on any atom is -0.470 e. The fourth-order valence-corrected chi connectivity index (χ4v) is 4.50. The first kappa shape index (κ1) is 15.7. The van der Waals surface area contributed by atoms with Crippen LogP contribution in [0.25, 0.3) is 6.08 Å². The minimum absolute atomic E-state index is 0.117. The molecule has 3 heteroatoms. The highest BCUT2D eigenvalue weighted by Crippen LogP contribution is 2.54. The molecule has 2 fully saturated rings. The first-order valence-corrected chi connectivity index (χ1v) is 9.77. The van der Waals surface area contributed by atoms with Crippen molar-refractivity contribution in [2.24, 2.45) is 5.41 Å². The van der Waals surface area contributed by atoms with Crippen molar-refractivity contribution in [1.29, 1.82) is 0 Å². The van der Waals surface area contributed by atoms with Crippen LogP contribution < -0.4 is 4.74 Å². The topological polar surface area (TPSA) is 12.5 Å². The molecule has 0 bridgehead atoms. The van der Waals surface area contributed by atoms with E-state index in [1.54, 1.807) is 0 Å². The average Bonchev–Trinajstić information content (AvgIpc) is 3.26. The van der Waals surface area contributed by atoms with Gasteiger partial charge in [0.2, 0.25) is 0 Å². The third-order valence-corrected chi connectivity index (χ3v) is 6.36. The summed E-state index contributed by atoms with van der Waals surface area (Å²) in [7, 11) is 0. The highest BCUT2D eigenvalue weighted by atomic mass is 79.9. The molecule has 2 unspecified atom stereocenters. The lowest BCUT2D eigenvalue weighted by molar-refractivity contribution is 0.0210. The van der Waals surface area contributed by atoms with Crippen molar-refractivity contribution in [1.82, 2.24) is 4.90 Å². The number of hydrogen-bond acceptors (Lipinski definition) is 2. The van der Waals surface area contributed by atoms with Gasteiger partial charge in [-0.3, -0.25) is 4.90 Å². The van der Waals surface area contributed by atoms with E-state index in [0.717, 1.165) is 5.75 Å². The molecule has 4 rings (SSSR count). The van der Waals surface area contributed by atoms with Crippen LogP contribution in [0.15, 0.2) is 17.7 Å². The standard InChI is InChI=1S/C20H26BrNO/c1-13-10-16-12-14(2)19(23-18(16)17(11-13)15(3)21)22-8-6-20(4-5-20)7-9-22/h10-12,15,19H,4-9H2,1-3H3.